The van der Waals surface area contributed by atoms with E-state index in [0.717, 1.165) is 67.6 Å². The summed E-state index contributed by atoms with van der Waals surface area (Å²) in [6.07, 6.45) is 7.01. The molecular weight excluding hydrogens is 654 g/mol. The molecule has 2 N–H and O–H groups in total. The predicted octanol–water partition coefficient (Wildman–Crippen LogP) is 7.02. The SMILES string of the molecule is C=CCCCOCCOCCOCC.CCOCCOCCOCCCCCC[C@H](NC(=O)OCC1c2ccccc2-c2ccccc21)C(=O)O. The molecule has 0 radical (unpaired) electrons. The van der Waals surface area contributed by atoms with E-state index in [1.807, 2.05) is 56.3 Å². The van der Waals surface area contributed by atoms with Gasteiger partial charge in [0, 0.05) is 32.3 Å². The molecule has 1 aliphatic carbocycles. The van der Waals surface area contributed by atoms with Crippen molar-refractivity contribution in [3.05, 3.63) is 72.3 Å². The zero-order valence-corrected chi connectivity index (χ0v) is 30.8. The molecule has 2 aromatic carbocycles. The van der Waals surface area contributed by atoms with Crippen LogP contribution in [-0.2, 0) is 38.0 Å². The Morgan fingerprint density at radius 3 is 1.67 bits per heavy atom. The second-order valence-corrected chi connectivity index (χ2v) is 11.8. The van der Waals surface area contributed by atoms with Gasteiger partial charge in [-0.1, -0.05) is 73.9 Å². The first-order valence-corrected chi connectivity index (χ1v) is 18.4. The lowest BCUT2D eigenvalue weighted by Crippen LogP contribution is -2.41. The van der Waals surface area contributed by atoms with Crippen LogP contribution in [0.3, 0.4) is 0 Å². The number of nitrogens with one attached hydrogen (secondary N) is 1. The summed E-state index contributed by atoms with van der Waals surface area (Å²) in [5.41, 5.74) is 4.52. The van der Waals surface area contributed by atoms with E-state index in [0.29, 0.717) is 78.9 Å². The molecule has 0 saturated heterocycles. The van der Waals surface area contributed by atoms with E-state index in [-0.39, 0.29) is 12.5 Å². The highest BCUT2D eigenvalue weighted by atomic mass is 16.6. The van der Waals surface area contributed by atoms with Crippen molar-refractivity contribution in [2.24, 2.45) is 0 Å². The molecule has 51 heavy (non-hydrogen) atoms. The van der Waals surface area contributed by atoms with Crippen LogP contribution in [0.1, 0.15) is 75.8 Å². The first-order chi connectivity index (χ1) is 25.0. The van der Waals surface area contributed by atoms with E-state index in [4.69, 9.17) is 33.2 Å². The summed E-state index contributed by atoms with van der Waals surface area (Å²) in [4.78, 5) is 24.1. The van der Waals surface area contributed by atoms with Gasteiger partial charge in [-0.25, -0.2) is 9.59 Å². The summed E-state index contributed by atoms with van der Waals surface area (Å²) in [7, 11) is 0. The Hall–Kier alpha value is -3.32. The van der Waals surface area contributed by atoms with Gasteiger partial charge >= 0.3 is 12.1 Å². The Balaban J connectivity index is 0.000000544. The average Bonchev–Trinajstić information content (AvgIpc) is 3.46. The number of amides is 1. The van der Waals surface area contributed by atoms with E-state index in [9.17, 15) is 14.7 Å². The number of fused-ring (bicyclic) bond motifs is 3. The molecule has 0 fully saturated rings. The molecule has 11 heteroatoms. The Labute approximate surface area is 304 Å². The number of allylic oxidation sites excluding steroid dienone is 1. The van der Waals surface area contributed by atoms with Gasteiger partial charge in [0.25, 0.3) is 0 Å². The van der Waals surface area contributed by atoms with Crippen LogP contribution in [0.4, 0.5) is 4.79 Å². The topological polar surface area (TPSA) is 131 Å². The summed E-state index contributed by atoms with van der Waals surface area (Å²) in [6.45, 7) is 15.5. The number of carboxylic acids is 1. The van der Waals surface area contributed by atoms with Crippen LogP contribution in [-0.4, -0.2) is 109 Å². The number of hydrogen-bond acceptors (Lipinski definition) is 9. The number of hydrogen-bond donors (Lipinski definition) is 2. The zero-order valence-electron chi connectivity index (χ0n) is 30.8. The van der Waals surface area contributed by atoms with Crippen molar-refractivity contribution in [2.45, 2.75) is 70.8 Å². The highest BCUT2D eigenvalue weighted by molar-refractivity contribution is 5.81. The van der Waals surface area contributed by atoms with Gasteiger partial charge in [0.2, 0.25) is 0 Å². The fourth-order valence-corrected chi connectivity index (χ4v) is 5.44. The molecule has 0 saturated carbocycles. The van der Waals surface area contributed by atoms with Crippen LogP contribution in [0.15, 0.2) is 61.2 Å². The van der Waals surface area contributed by atoms with Crippen molar-refractivity contribution in [3.63, 3.8) is 0 Å². The predicted molar refractivity (Wildman–Crippen MR) is 198 cm³/mol. The normalized spacial score (nSPS) is 12.4. The number of carboxylic acid groups (broad SMARTS) is 1. The Morgan fingerprint density at radius 2 is 1.16 bits per heavy atom. The Morgan fingerprint density at radius 1 is 0.686 bits per heavy atom. The molecule has 3 rings (SSSR count). The fourth-order valence-electron chi connectivity index (χ4n) is 5.44. The summed E-state index contributed by atoms with van der Waals surface area (Å²) in [6, 6.07) is 15.2. The number of rotatable bonds is 29. The monoisotopic (exact) mass is 715 g/mol. The van der Waals surface area contributed by atoms with Crippen molar-refractivity contribution in [2.75, 3.05) is 85.9 Å². The lowest BCUT2D eigenvalue weighted by Gasteiger charge is -2.17. The fraction of sp³-hybridized carbons (Fsp3) is 0.600. The molecule has 286 valence electrons. The molecule has 0 heterocycles. The average molecular weight is 716 g/mol. The smallest absolute Gasteiger partial charge is 0.407 e. The standard InChI is InChI=1S/C29H39NO7.C11H22O3/c1-2-34-17-18-36-20-19-35-16-10-4-3-5-15-27(28(31)32)30-29(33)37-21-26-24-13-8-6-11-22(24)23-12-7-9-14-25(23)26;1-3-5-6-7-13-10-11-14-9-8-12-4-2/h6-9,11-14,26-27H,2-5,10,15-21H2,1H3,(H,30,33)(H,31,32);3H,1,4-11H2,2H3/t27-;/m0./s1. The number of carbonyl (C=O) groups is 2. The van der Waals surface area contributed by atoms with Crippen LogP contribution in [0, 0.1) is 0 Å². The maximum atomic E-state index is 12.4. The van der Waals surface area contributed by atoms with Crippen LogP contribution >= 0.6 is 0 Å². The third-order valence-corrected chi connectivity index (χ3v) is 8.06. The van der Waals surface area contributed by atoms with Crippen molar-refractivity contribution in [3.8, 4) is 11.1 Å². The molecule has 0 aliphatic heterocycles. The number of ether oxygens (including phenoxy) is 7. The first-order valence-electron chi connectivity index (χ1n) is 18.4. The lowest BCUT2D eigenvalue weighted by molar-refractivity contribution is -0.139. The minimum Gasteiger partial charge on any atom is -0.480 e. The molecule has 0 aromatic heterocycles. The van der Waals surface area contributed by atoms with Crippen molar-refractivity contribution in [1.82, 2.24) is 5.32 Å². The van der Waals surface area contributed by atoms with Gasteiger partial charge in [-0.2, -0.15) is 0 Å². The zero-order chi connectivity index (χ0) is 36.8. The van der Waals surface area contributed by atoms with Gasteiger partial charge in [-0.05, 0) is 61.8 Å². The summed E-state index contributed by atoms with van der Waals surface area (Å²) in [5.74, 6) is -1.12. The molecule has 1 atom stereocenters. The summed E-state index contributed by atoms with van der Waals surface area (Å²) in [5, 5.41) is 12.1. The van der Waals surface area contributed by atoms with Crippen molar-refractivity contribution in [1.29, 1.82) is 0 Å². The Bertz CT molecular complexity index is 1160. The molecule has 0 unspecified atom stereocenters. The van der Waals surface area contributed by atoms with E-state index in [1.54, 1.807) is 0 Å². The third-order valence-electron chi connectivity index (χ3n) is 8.06. The summed E-state index contributed by atoms with van der Waals surface area (Å²) < 4.78 is 37.3. The number of alkyl carbamates (subject to hydrolysis) is 1. The highest BCUT2D eigenvalue weighted by Crippen LogP contribution is 2.44. The van der Waals surface area contributed by atoms with E-state index in [2.05, 4.69) is 24.0 Å². The lowest BCUT2D eigenvalue weighted by atomic mass is 9.98. The minimum absolute atomic E-state index is 0.0646. The number of benzene rings is 2. The molecule has 1 amide bonds. The van der Waals surface area contributed by atoms with E-state index in [1.165, 1.54) is 0 Å². The molecule has 0 spiro atoms. The van der Waals surface area contributed by atoms with Crippen LogP contribution < -0.4 is 5.32 Å². The number of carbonyl (C=O) groups excluding carboxylic acids is 1. The molecule has 2 aromatic rings. The van der Waals surface area contributed by atoms with Gasteiger partial charge in [0.1, 0.15) is 12.6 Å². The second-order valence-electron chi connectivity index (χ2n) is 11.8. The van der Waals surface area contributed by atoms with Gasteiger partial charge in [0.05, 0.1) is 52.9 Å². The van der Waals surface area contributed by atoms with E-state index < -0.39 is 18.1 Å². The van der Waals surface area contributed by atoms with Crippen LogP contribution in [0.25, 0.3) is 11.1 Å². The van der Waals surface area contributed by atoms with Gasteiger partial charge in [0.15, 0.2) is 0 Å². The van der Waals surface area contributed by atoms with Gasteiger partial charge < -0.3 is 43.6 Å². The number of aliphatic carboxylic acids is 1. The van der Waals surface area contributed by atoms with Crippen LogP contribution in [0.5, 0.6) is 0 Å². The first kappa shape index (κ1) is 43.8. The molecule has 1 aliphatic rings. The maximum absolute atomic E-state index is 12.4. The minimum atomic E-state index is -1.05. The quantitative estimate of drug-likeness (QED) is 0.0669. The van der Waals surface area contributed by atoms with Crippen molar-refractivity contribution >= 4 is 12.1 Å². The summed E-state index contributed by atoms with van der Waals surface area (Å²) >= 11 is 0. The van der Waals surface area contributed by atoms with Gasteiger partial charge in [-0.15, -0.1) is 6.58 Å². The second kappa shape index (κ2) is 29.3. The van der Waals surface area contributed by atoms with Gasteiger partial charge in [-0.3, -0.25) is 0 Å². The third kappa shape index (κ3) is 19.2. The molecule has 0 bridgehead atoms. The molecule has 11 nitrogen and oxygen atoms in total. The largest absolute Gasteiger partial charge is 0.480 e. The van der Waals surface area contributed by atoms with E-state index >= 15 is 0 Å². The Kier molecular flexibility index (Phi) is 25.2. The molecular formula is C40H61NO10. The maximum Gasteiger partial charge on any atom is 0.407 e. The highest BCUT2D eigenvalue weighted by Gasteiger charge is 2.29. The van der Waals surface area contributed by atoms with Crippen LogP contribution in [0.2, 0.25) is 0 Å². The van der Waals surface area contributed by atoms with Crippen molar-refractivity contribution < 1.29 is 47.9 Å². The number of unbranched alkanes of at least 4 members (excludes halogenated alkanes) is 4.